The average Bonchev–Trinajstić information content (AvgIpc) is 3.71. The van der Waals surface area contributed by atoms with Crippen LogP contribution in [0.25, 0.3) is 22.0 Å². The number of piperazine rings is 1. The number of ether oxygens (including phenoxy) is 3. The molecule has 15 heteroatoms. The van der Waals surface area contributed by atoms with Gasteiger partial charge in [0.15, 0.2) is 0 Å². The number of carbonyl (C=O) groups is 1. The fraction of sp³-hybridized carbons (Fsp3) is 0.471. The van der Waals surface area contributed by atoms with Crippen molar-refractivity contribution in [3.8, 4) is 29.0 Å². The zero-order valence-corrected chi connectivity index (χ0v) is 27.2. The lowest BCUT2D eigenvalue weighted by molar-refractivity contribution is -0.139. The van der Waals surface area contributed by atoms with Crippen LogP contribution in [0.3, 0.4) is 0 Å². The number of nitriles is 1. The van der Waals surface area contributed by atoms with E-state index in [1.165, 1.54) is 19.3 Å². The number of fused-ring (bicyclic) bond motifs is 3. The van der Waals surface area contributed by atoms with Gasteiger partial charge < -0.3 is 34.6 Å². The summed E-state index contributed by atoms with van der Waals surface area (Å²) in [6.45, 7) is 2.50. The zero-order chi connectivity index (χ0) is 34.9. The SMILES string of the molecule is COC/C=C/C(=O)N1CCN(c2nc(OC[C@@H]3CCCN3C)nc3cc(-c4cc(N)cc(F)c4C(F)(F)F)c4c(c23)OCC4)C[C@@H]1CC#N. The van der Waals surface area contributed by atoms with Crippen molar-refractivity contribution in [3.63, 3.8) is 0 Å². The Balaban J connectivity index is 1.48. The van der Waals surface area contributed by atoms with Crippen LogP contribution in [0.2, 0.25) is 0 Å². The molecular formula is C34H37F4N7O4. The number of carbonyl (C=O) groups excluding carboxylic acids is 1. The van der Waals surface area contributed by atoms with Crippen LogP contribution in [0, 0.1) is 17.1 Å². The minimum absolute atomic E-state index is 0.0133. The van der Waals surface area contributed by atoms with Gasteiger partial charge in [0, 0.05) is 56.5 Å². The number of hydrogen-bond donors (Lipinski definition) is 1. The average molecular weight is 684 g/mol. The first kappa shape index (κ1) is 34.2. The van der Waals surface area contributed by atoms with Crippen LogP contribution in [-0.2, 0) is 22.1 Å². The summed E-state index contributed by atoms with van der Waals surface area (Å²) >= 11 is 0. The first-order valence-corrected chi connectivity index (χ1v) is 16.1. The third-order valence-electron chi connectivity index (χ3n) is 9.28. The molecule has 3 aliphatic heterocycles. The Bertz CT molecular complexity index is 1810. The van der Waals surface area contributed by atoms with Crippen LogP contribution in [0.15, 0.2) is 30.4 Å². The number of nitrogen functional groups attached to an aromatic ring is 1. The lowest BCUT2D eigenvalue weighted by atomic mass is 9.91. The lowest BCUT2D eigenvalue weighted by Gasteiger charge is -2.41. The Hall–Kier alpha value is -4.68. The molecule has 2 atom stereocenters. The van der Waals surface area contributed by atoms with Gasteiger partial charge >= 0.3 is 12.2 Å². The second-order valence-corrected chi connectivity index (χ2v) is 12.4. The van der Waals surface area contributed by atoms with E-state index >= 15 is 0 Å². The van der Waals surface area contributed by atoms with Crippen LogP contribution in [0.1, 0.15) is 30.4 Å². The fourth-order valence-corrected chi connectivity index (χ4v) is 6.91. The van der Waals surface area contributed by atoms with Crippen molar-refractivity contribution in [2.45, 2.75) is 43.9 Å². The molecule has 0 radical (unpaired) electrons. The first-order valence-electron chi connectivity index (χ1n) is 16.1. The van der Waals surface area contributed by atoms with Gasteiger partial charge in [-0.15, -0.1) is 0 Å². The van der Waals surface area contributed by atoms with E-state index < -0.39 is 29.2 Å². The van der Waals surface area contributed by atoms with E-state index in [-0.39, 0.29) is 73.9 Å². The summed E-state index contributed by atoms with van der Waals surface area (Å²) in [5, 5.41) is 10.1. The van der Waals surface area contributed by atoms with Gasteiger partial charge in [-0.2, -0.15) is 28.4 Å². The predicted octanol–water partition coefficient (Wildman–Crippen LogP) is 4.58. The Labute approximate surface area is 280 Å². The van der Waals surface area contributed by atoms with Crippen molar-refractivity contribution in [1.29, 1.82) is 5.26 Å². The number of likely N-dealkylation sites (N-methyl/N-ethyl adjacent to an activating group) is 1. The molecule has 0 bridgehead atoms. The Morgan fingerprint density at radius 3 is 2.71 bits per heavy atom. The van der Waals surface area contributed by atoms with Crippen molar-refractivity contribution in [2.24, 2.45) is 0 Å². The number of likely N-dealkylation sites (tertiary alicyclic amines) is 1. The fourth-order valence-electron chi connectivity index (χ4n) is 6.91. The Morgan fingerprint density at radius 1 is 1.18 bits per heavy atom. The molecule has 3 aliphatic rings. The summed E-state index contributed by atoms with van der Waals surface area (Å²) in [6, 6.07) is 5.09. The van der Waals surface area contributed by atoms with Crippen molar-refractivity contribution in [2.75, 3.05) is 70.8 Å². The largest absolute Gasteiger partial charge is 0.492 e. The first-order chi connectivity index (χ1) is 23.5. The Kier molecular flexibility index (Phi) is 9.80. The highest BCUT2D eigenvalue weighted by Crippen LogP contribution is 2.48. The van der Waals surface area contributed by atoms with E-state index in [1.807, 2.05) is 11.9 Å². The van der Waals surface area contributed by atoms with Crippen LogP contribution < -0.4 is 20.1 Å². The van der Waals surface area contributed by atoms with Gasteiger partial charge in [-0.05, 0) is 55.8 Å². The van der Waals surface area contributed by atoms with E-state index in [9.17, 15) is 27.6 Å². The molecule has 260 valence electrons. The third-order valence-corrected chi connectivity index (χ3v) is 9.28. The maximum absolute atomic E-state index is 14.9. The molecule has 2 N–H and O–H groups in total. The second-order valence-electron chi connectivity index (χ2n) is 12.4. The van der Waals surface area contributed by atoms with Crippen molar-refractivity contribution in [1.82, 2.24) is 19.8 Å². The molecule has 6 rings (SSSR count). The molecule has 2 saturated heterocycles. The summed E-state index contributed by atoms with van der Waals surface area (Å²) in [5.74, 6) is -1.03. The molecule has 0 spiro atoms. The minimum atomic E-state index is -5.00. The highest BCUT2D eigenvalue weighted by Gasteiger charge is 2.40. The molecule has 2 aromatic carbocycles. The molecule has 49 heavy (non-hydrogen) atoms. The normalized spacial score (nSPS) is 19.8. The molecule has 2 fully saturated rings. The van der Waals surface area contributed by atoms with Crippen LogP contribution in [-0.4, -0.2) is 97.9 Å². The van der Waals surface area contributed by atoms with E-state index in [0.717, 1.165) is 25.5 Å². The molecule has 0 aliphatic carbocycles. The van der Waals surface area contributed by atoms with Crippen LogP contribution >= 0.6 is 0 Å². The number of nitrogens with two attached hydrogens (primary N) is 1. The Morgan fingerprint density at radius 2 is 2.00 bits per heavy atom. The monoisotopic (exact) mass is 683 g/mol. The van der Waals surface area contributed by atoms with Gasteiger partial charge in [0.2, 0.25) is 5.91 Å². The number of hydrogen-bond acceptors (Lipinski definition) is 10. The topological polar surface area (TPSA) is 130 Å². The number of amides is 1. The summed E-state index contributed by atoms with van der Waals surface area (Å²) in [7, 11) is 3.53. The number of anilines is 2. The summed E-state index contributed by atoms with van der Waals surface area (Å²) < 4.78 is 75.0. The molecule has 0 unspecified atom stereocenters. The molecule has 11 nitrogen and oxygen atoms in total. The van der Waals surface area contributed by atoms with Gasteiger partial charge in [-0.3, -0.25) is 4.79 Å². The van der Waals surface area contributed by atoms with Crippen molar-refractivity contribution < 1.29 is 36.6 Å². The third kappa shape index (κ3) is 6.93. The molecule has 1 amide bonds. The van der Waals surface area contributed by atoms with Crippen LogP contribution in [0.5, 0.6) is 11.8 Å². The maximum atomic E-state index is 14.9. The van der Waals surface area contributed by atoms with E-state index in [0.29, 0.717) is 41.7 Å². The lowest BCUT2D eigenvalue weighted by Crippen LogP contribution is -2.55. The standard InChI is InChI=1S/C34H37F4N7O4/c1-43-10-3-5-22(43)19-49-33-41-27-17-24(25-15-20(40)16-26(35)30(25)34(36,37)38)23-8-14-48-31(23)29(27)32(42-33)44-11-12-45(21(18-44)7-9-39)28(46)6-4-13-47-2/h4,6,15-17,21-22H,3,5,7-8,10-14,18-19,40H2,1-2H3/b6-4+/t21-,22-/m0/s1. The molecule has 3 aromatic rings. The van der Waals surface area contributed by atoms with Gasteiger partial charge in [0.1, 0.15) is 24.0 Å². The summed E-state index contributed by atoms with van der Waals surface area (Å²) in [5.41, 5.74) is 4.66. The van der Waals surface area contributed by atoms with E-state index in [2.05, 4.69) is 16.0 Å². The number of alkyl halides is 3. The highest BCUT2D eigenvalue weighted by atomic mass is 19.4. The number of benzene rings is 2. The predicted molar refractivity (Wildman–Crippen MR) is 174 cm³/mol. The summed E-state index contributed by atoms with van der Waals surface area (Å²) in [4.78, 5) is 28.3. The minimum Gasteiger partial charge on any atom is -0.492 e. The number of halogens is 4. The highest BCUT2D eigenvalue weighted by molar-refractivity contribution is 6.01. The van der Waals surface area contributed by atoms with Crippen molar-refractivity contribution >= 4 is 28.3 Å². The molecule has 4 heterocycles. The smallest absolute Gasteiger partial charge is 0.419 e. The van der Waals surface area contributed by atoms with Gasteiger partial charge in [-0.25, -0.2) is 4.39 Å². The number of rotatable bonds is 9. The van der Waals surface area contributed by atoms with E-state index in [1.54, 1.807) is 11.0 Å². The summed E-state index contributed by atoms with van der Waals surface area (Å²) in [6.07, 6.45) is 0.284. The number of nitrogens with zero attached hydrogens (tertiary/aromatic N) is 6. The van der Waals surface area contributed by atoms with Gasteiger partial charge in [0.25, 0.3) is 0 Å². The van der Waals surface area contributed by atoms with Crippen molar-refractivity contribution in [3.05, 3.63) is 47.3 Å². The second kappa shape index (κ2) is 14.0. The number of methoxy groups -OCH3 is 1. The zero-order valence-electron chi connectivity index (χ0n) is 27.2. The molecule has 0 saturated carbocycles. The quantitative estimate of drug-likeness (QED) is 0.194. The van der Waals surface area contributed by atoms with Crippen LogP contribution in [0.4, 0.5) is 29.1 Å². The molecular weight excluding hydrogens is 646 g/mol. The van der Waals surface area contributed by atoms with Gasteiger partial charge in [-0.1, -0.05) is 6.08 Å². The van der Waals surface area contributed by atoms with Gasteiger partial charge in [0.05, 0.1) is 48.2 Å². The number of aromatic nitrogens is 2. The molecule has 1 aromatic heterocycles. The maximum Gasteiger partial charge on any atom is 0.419 e. The van der Waals surface area contributed by atoms with E-state index in [4.69, 9.17) is 24.9 Å².